The molecule has 0 aliphatic carbocycles. The summed E-state index contributed by atoms with van der Waals surface area (Å²) in [4.78, 5) is 25.1. The van der Waals surface area contributed by atoms with Crippen molar-refractivity contribution in [1.29, 1.82) is 0 Å². The molecule has 0 aliphatic heterocycles. The van der Waals surface area contributed by atoms with Gasteiger partial charge in [-0.1, -0.05) is 37.3 Å². The van der Waals surface area contributed by atoms with E-state index in [-0.39, 0.29) is 17.8 Å². The number of carbonyl (C=O) groups is 2. The summed E-state index contributed by atoms with van der Waals surface area (Å²) in [5.41, 5.74) is 0.970. The summed E-state index contributed by atoms with van der Waals surface area (Å²) in [6.07, 6.45) is 3.30. The van der Waals surface area contributed by atoms with Crippen molar-refractivity contribution in [2.45, 2.75) is 13.8 Å². The van der Waals surface area contributed by atoms with Crippen molar-refractivity contribution in [3.05, 3.63) is 42.0 Å². The monoisotopic (exact) mass is 275 g/mol. The fraction of sp³-hybridized carbons (Fsp3) is 0.375. The summed E-state index contributed by atoms with van der Waals surface area (Å²) in [6.45, 7) is 4.56. The first-order valence-electron chi connectivity index (χ1n) is 6.68. The van der Waals surface area contributed by atoms with Crippen molar-refractivity contribution in [2.75, 3.05) is 20.2 Å². The Bertz CT molecular complexity index is 468. The maximum absolute atomic E-state index is 12.1. The lowest BCUT2D eigenvalue weighted by Gasteiger charge is -2.22. The van der Waals surface area contributed by atoms with E-state index in [1.807, 2.05) is 37.3 Å². The Morgan fingerprint density at radius 1 is 1.30 bits per heavy atom. The first kappa shape index (κ1) is 16.0. The van der Waals surface area contributed by atoms with Crippen molar-refractivity contribution in [1.82, 2.24) is 4.90 Å². The zero-order valence-corrected chi connectivity index (χ0v) is 12.2. The zero-order valence-electron chi connectivity index (χ0n) is 12.2. The maximum atomic E-state index is 12.1. The van der Waals surface area contributed by atoms with Gasteiger partial charge < -0.3 is 9.64 Å². The Balaban J connectivity index is 2.63. The van der Waals surface area contributed by atoms with Crippen LogP contribution in [-0.4, -0.2) is 37.0 Å². The van der Waals surface area contributed by atoms with Crippen LogP contribution in [0.4, 0.5) is 0 Å². The minimum absolute atomic E-state index is 0.105. The number of amides is 1. The van der Waals surface area contributed by atoms with Gasteiger partial charge in [-0.15, -0.1) is 0 Å². The molecule has 1 aromatic carbocycles. The molecule has 0 aromatic heterocycles. The van der Waals surface area contributed by atoms with Crippen LogP contribution in [0.1, 0.15) is 19.4 Å². The molecule has 1 unspecified atom stereocenters. The van der Waals surface area contributed by atoms with Crippen molar-refractivity contribution in [3.63, 3.8) is 0 Å². The molecule has 0 saturated carbocycles. The summed E-state index contributed by atoms with van der Waals surface area (Å²) in [7, 11) is 1.35. The fourth-order valence-corrected chi connectivity index (χ4v) is 1.82. The number of nitrogens with zero attached hydrogens (tertiary/aromatic N) is 1. The van der Waals surface area contributed by atoms with Crippen LogP contribution in [0.3, 0.4) is 0 Å². The number of ether oxygens (including phenoxy) is 1. The molecule has 0 radical (unpaired) electrons. The number of methoxy groups -OCH3 is 1. The highest BCUT2D eigenvalue weighted by molar-refractivity contribution is 5.92. The van der Waals surface area contributed by atoms with E-state index in [2.05, 4.69) is 4.74 Å². The molecule has 0 spiro atoms. The number of carbonyl (C=O) groups excluding carboxylic acids is 2. The van der Waals surface area contributed by atoms with Gasteiger partial charge in [0.2, 0.25) is 5.91 Å². The number of hydrogen-bond donors (Lipinski definition) is 0. The van der Waals surface area contributed by atoms with Gasteiger partial charge in [0.05, 0.1) is 13.0 Å². The molecule has 0 bridgehead atoms. The molecular weight excluding hydrogens is 254 g/mol. The minimum atomic E-state index is -0.325. The second-order valence-electron chi connectivity index (χ2n) is 4.55. The first-order chi connectivity index (χ1) is 9.58. The first-order valence-corrected chi connectivity index (χ1v) is 6.68. The van der Waals surface area contributed by atoms with Crippen molar-refractivity contribution in [3.8, 4) is 0 Å². The van der Waals surface area contributed by atoms with Gasteiger partial charge in [-0.2, -0.15) is 0 Å². The third-order valence-corrected chi connectivity index (χ3v) is 3.01. The molecule has 0 aliphatic rings. The van der Waals surface area contributed by atoms with E-state index in [1.165, 1.54) is 13.2 Å². The SMILES string of the molecule is CCN(CC(C)C(=O)OC)C(=O)/C=C/c1ccccc1. The van der Waals surface area contributed by atoms with E-state index in [9.17, 15) is 9.59 Å². The number of benzene rings is 1. The Labute approximate surface area is 120 Å². The van der Waals surface area contributed by atoms with Gasteiger partial charge in [0, 0.05) is 19.2 Å². The molecule has 4 nitrogen and oxygen atoms in total. The minimum Gasteiger partial charge on any atom is -0.469 e. The van der Waals surface area contributed by atoms with Gasteiger partial charge in [0.1, 0.15) is 0 Å². The second kappa shape index (κ2) is 8.15. The van der Waals surface area contributed by atoms with Gasteiger partial charge in [-0.25, -0.2) is 0 Å². The largest absolute Gasteiger partial charge is 0.469 e. The summed E-state index contributed by atoms with van der Waals surface area (Å²) >= 11 is 0. The highest BCUT2D eigenvalue weighted by Crippen LogP contribution is 2.05. The topological polar surface area (TPSA) is 46.6 Å². The van der Waals surface area contributed by atoms with Crippen molar-refractivity contribution < 1.29 is 14.3 Å². The predicted octanol–water partition coefficient (Wildman–Crippen LogP) is 2.36. The average Bonchev–Trinajstić information content (AvgIpc) is 2.50. The Morgan fingerprint density at radius 2 is 1.95 bits per heavy atom. The standard InChI is InChI=1S/C16H21NO3/c1-4-17(12-13(2)16(19)20-3)15(18)11-10-14-8-6-5-7-9-14/h5-11,13H,4,12H2,1-3H3/b11-10+. The number of esters is 1. The molecule has 1 amide bonds. The summed E-state index contributed by atoms with van der Waals surface area (Å²) in [5.74, 6) is -0.732. The molecule has 108 valence electrons. The van der Waals surface area contributed by atoms with Crippen LogP contribution in [-0.2, 0) is 14.3 Å². The highest BCUT2D eigenvalue weighted by atomic mass is 16.5. The molecule has 20 heavy (non-hydrogen) atoms. The van der Waals surface area contributed by atoms with Crippen LogP contribution in [0.25, 0.3) is 6.08 Å². The van der Waals surface area contributed by atoms with E-state index < -0.39 is 0 Å². The molecule has 0 fully saturated rings. The number of likely N-dealkylation sites (N-methyl/N-ethyl adjacent to an activating group) is 1. The Kier molecular flexibility index (Phi) is 6.50. The summed E-state index contributed by atoms with van der Waals surface area (Å²) in [5, 5.41) is 0. The summed E-state index contributed by atoms with van der Waals surface area (Å²) < 4.78 is 4.67. The zero-order chi connectivity index (χ0) is 15.0. The van der Waals surface area contributed by atoms with Crippen LogP contribution < -0.4 is 0 Å². The van der Waals surface area contributed by atoms with E-state index in [1.54, 1.807) is 17.9 Å². The van der Waals surface area contributed by atoms with E-state index in [0.717, 1.165) is 5.56 Å². The lowest BCUT2D eigenvalue weighted by Crippen LogP contribution is -2.36. The van der Waals surface area contributed by atoms with Crippen molar-refractivity contribution in [2.24, 2.45) is 5.92 Å². The van der Waals surface area contributed by atoms with Crippen LogP contribution in [0.2, 0.25) is 0 Å². The van der Waals surface area contributed by atoms with Crippen LogP contribution >= 0.6 is 0 Å². The van der Waals surface area contributed by atoms with E-state index >= 15 is 0 Å². The average molecular weight is 275 g/mol. The van der Waals surface area contributed by atoms with E-state index in [4.69, 9.17) is 0 Å². The lowest BCUT2D eigenvalue weighted by molar-refractivity contribution is -0.146. The number of hydrogen-bond acceptors (Lipinski definition) is 3. The fourth-order valence-electron chi connectivity index (χ4n) is 1.82. The van der Waals surface area contributed by atoms with Gasteiger partial charge >= 0.3 is 5.97 Å². The second-order valence-corrected chi connectivity index (χ2v) is 4.55. The molecule has 1 aromatic rings. The lowest BCUT2D eigenvalue weighted by atomic mass is 10.1. The molecule has 1 rings (SSSR count). The van der Waals surface area contributed by atoms with Crippen LogP contribution in [0, 0.1) is 5.92 Å². The third kappa shape index (κ3) is 4.88. The third-order valence-electron chi connectivity index (χ3n) is 3.01. The van der Waals surface area contributed by atoms with Gasteiger partial charge in [0.15, 0.2) is 0 Å². The molecule has 4 heteroatoms. The Hall–Kier alpha value is -2.10. The maximum Gasteiger partial charge on any atom is 0.310 e. The van der Waals surface area contributed by atoms with Crippen molar-refractivity contribution >= 4 is 18.0 Å². The smallest absolute Gasteiger partial charge is 0.310 e. The normalized spacial score (nSPS) is 12.2. The van der Waals surface area contributed by atoms with Gasteiger partial charge in [-0.3, -0.25) is 9.59 Å². The van der Waals surface area contributed by atoms with Crippen LogP contribution in [0.15, 0.2) is 36.4 Å². The predicted molar refractivity (Wildman–Crippen MR) is 78.9 cm³/mol. The number of rotatable bonds is 6. The van der Waals surface area contributed by atoms with Gasteiger partial charge in [-0.05, 0) is 18.6 Å². The molecule has 0 heterocycles. The molecular formula is C16H21NO3. The molecule has 0 N–H and O–H groups in total. The quantitative estimate of drug-likeness (QED) is 0.591. The van der Waals surface area contributed by atoms with E-state index in [0.29, 0.717) is 13.1 Å². The van der Waals surface area contributed by atoms with Gasteiger partial charge in [0.25, 0.3) is 0 Å². The highest BCUT2D eigenvalue weighted by Gasteiger charge is 2.18. The molecule has 0 saturated heterocycles. The Morgan fingerprint density at radius 3 is 2.50 bits per heavy atom. The van der Waals surface area contributed by atoms with Crippen LogP contribution in [0.5, 0.6) is 0 Å². The molecule has 1 atom stereocenters. The summed E-state index contributed by atoms with van der Waals surface area (Å²) in [6, 6.07) is 9.62.